The van der Waals surface area contributed by atoms with Crippen molar-refractivity contribution < 1.29 is 4.79 Å². The number of rotatable bonds is 7. The van der Waals surface area contributed by atoms with Gasteiger partial charge in [0.25, 0.3) is 0 Å². The van der Waals surface area contributed by atoms with Gasteiger partial charge >= 0.3 is 0 Å². The highest BCUT2D eigenvalue weighted by molar-refractivity contribution is 9.10. The van der Waals surface area contributed by atoms with E-state index in [9.17, 15) is 4.79 Å². The van der Waals surface area contributed by atoms with E-state index in [1.54, 1.807) is 0 Å². The molecular formula is C19H24BrN3O. The van der Waals surface area contributed by atoms with Crippen LogP contribution in [0, 0.1) is 6.92 Å². The summed E-state index contributed by atoms with van der Waals surface area (Å²) in [6, 6.07) is 13.8. The van der Waals surface area contributed by atoms with Crippen molar-refractivity contribution in [1.29, 1.82) is 0 Å². The van der Waals surface area contributed by atoms with Crippen LogP contribution < -0.4 is 15.5 Å². The quantitative estimate of drug-likeness (QED) is 0.723. The number of halogens is 1. The molecule has 0 spiro atoms. The molecule has 0 aliphatic carbocycles. The fourth-order valence-corrected chi connectivity index (χ4v) is 2.98. The summed E-state index contributed by atoms with van der Waals surface area (Å²) in [5.74, 6) is -0.0691. The minimum Gasteiger partial charge on any atom is -0.376 e. The first-order valence-electron chi connectivity index (χ1n) is 8.18. The molecule has 0 saturated heterocycles. The van der Waals surface area contributed by atoms with E-state index in [0.29, 0.717) is 0 Å². The van der Waals surface area contributed by atoms with E-state index >= 15 is 0 Å². The van der Waals surface area contributed by atoms with Crippen molar-refractivity contribution in [3.05, 3.63) is 52.5 Å². The maximum atomic E-state index is 12.1. The van der Waals surface area contributed by atoms with Gasteiger partial charge in [-0.1, -0.05) is 22.0 Å². The molecule has 4 nitrogen and oxygen atoms in total. The second kappa shape index (κ2) is 8.73. The van der Waals surface area contributed by atoms with Crippen molar-refractivity contribution in [2.75, 3.05) is 35.2 Å². The topological polar surface area (TPSA) is 44.4 Å². The van der Waals surface area contributed by atoms with Crippen LogP contribution in [0.15, 0.2) is 46.9 Å². The van der Waals surface area contributed by atoms with E-state index in [2.05, 4.69) is 64.4 Å². The largest absolute Gasteiger partial charge is 0.376 e. The Labute approximate surface area is 152 Å². The Bertz CT molecular complexity index is 699. The average Bonchev–Trinajstić information content (AvgIpc) is 2.55. The fourth-order valence-electron chi connectivity index (χ4n) is 2.58. The second-order valence-corrected chi connectivity index (χ2v) is 6.50. The van der Waals surface area contributed by atoms with Gasteiger partial charge in [0.05, 0.1) is 6.54 Å². The molecule has 0 saturated carbocycles. The Morgan fingerprint density at radius 2 is 1.88 bits per heavy atom. The van der Waals surface area contributed by atoms with Crippen LogP contribution in [0.2, 0.25) is 0 Å². The molecule has 0 aromatic heterocycles. The zero-order chi connectivity index (χ0) is 17.5. The molecule has 5 heteroatoms. The summed E-state index contributed by atoms with van der Waals surface area (Å²) in [6.07, 6.45) is 0. The summed E-state index contributed by atoms with van der Waals surface area (Å²) in [5, 5.41) is 6.09. The van der Waals surface area contributed by atoms with Crippen molar-refractivity contribution in [2.24, 2.45) is 0 Å². The molecule has 2 rings (SSSR count). The summed E-state index contributed by atoms with van der Waals surface area (Å²) in [5.41, 5.74) is 4.11. The van der Waals surface area contributed by atoms with Crippen LogP contribution >= 0.6 is 15.9 Å². The first-order chi connectivity index (χ1) is 11.5. The first kappa shape index (κ1) is 18.3. The Kier molecular flexibility index (Phi) is 6.67. The van der Waals surface area contributed by atoms with Crippen LogP contribution in [-0.4, -0.2) is 25.5 Å². The third-order valence-electron chi connectivity index (χ3n) is 3.89. The lowest BCUT2D eigenvalue weighted by Gasteiger charge is -2.22. The number of nitrogens with zero attached hydrogens (tertiary/aromatic N) is 1. The molecule has 0 atom stereocenters. The van der Waals surface area contributed by atoms with Crippen LogP contribution in [0.5, 0.6) is 0 Å². The summed E-state index contributed by atoms with van der Waals surface area (Å²) >= 11 is 3.40. The predicted octanol–water partition coefficient (Wildman–Crippen LogP) is 4.65. The van der Waals surface area contributed by atoms with Gasteiger partial charge in [-0.05, 0) is 62.7 Å². The lowest BCUT2D eigenvalue weighted by atomic mass is 10.1. The molecule has 128 valence electrons. The lowest BCUT2D eigenvalue weighted by molar-refractivity contribution is -0.114. The molecule has 2 N–H and O–H groups in total. The Balaban J connectivity index is 1.95. The van der Waals surface area contributed by atoms with E-state index in [0.717, 1.165) is 34.5 Å². The van der Waals surface area contributed by atoms with Gasteiger partial charge in [-0.25, -0.2) is 0 Å². The van der Waals surface area contributed by atoms with E-state index in [-0.39, 0.29) is 12.5 Å². The highest BCUT2D eigenvalue weighted by Crippen LogP contribution is 2.22. The normalized spacial score (nSPS) is 10.3. The number of nitrogens with one attached hydrogen (secondary N) is 2. The second-order valence-electron chi connectivity index (χ2n) is 5.58. The number of carbonyl (C=O) groups excluding carboxylic acids is 1. The summed E-state index contributed by atoms with van der Waals surface area (Å²) in [6.45, 7) is 8.56. The Hall–Kier alpha value is -2.01. The Morgan fingerprint density at radius 3 is 2.50 bits per heavy atom. The van der Waals surface area contributed by atoms with Gasteiger partial charge in [-0.2, -0.15) is 0 Å². The molecule has 2 aromatic carbocycles. The third-order valence-corrected chi connectivity index (χ3v) is 4.38. The molecule has 1 amide bonds. The van der Waals surface area contributed by atoms with Crippen molar-refractivity contribution in [3.8, 4) is 0 Å². The van der Waals surface area contributed by atoms with Crippen molar-refractivity contribution in [1.82, 2.24) is 0 Å². The van der Waals surface area contributed by atoms with Crippen LogP contribution in [0.3, 0.4) is 0 Å². The highest BCUT2D eigenvalue weighted by Gasteiger charge is 2.07. The highest BCUT2D eigenvalue weighted by atomic mass is 79.9. The van der Waals surface area contributed by atoms with Crippen LogP contribution in [0.4, 0.5) is 17.1 Å². The Morgan fingerprint density at radius 1 is 1.12 bits per heavy atom. The lowest BCUT2D eigenvalue weighted by Crippen LogP contribution is -2.23. The first-order valence-corrected chi connectivity index (χ1v) is 8.97. The summed E-state index contributed by atoms with van der Waals surface area (Å²) in [7, 11) is 0. The fraction of sp³-hybridized carbons (Fsp3) is 0.316. The number of carbonyl (C=O) groups is 1. The zero-order valence-corrected chi connectivity index (χ0v) is 16.0. The molecule has 0 radical (unpaired) electrons. The van der Waals surface area contributed by atoms with Gasteiger partial charge in [0.15, 0.2) is 0 Å². The van der Waals surface area contributed by atoms with Crippen LogP contribution in [0.1, 0.15) is 19.4 Å². The number of hydrogen-bond acceptors (Lipinski definition) is 3. The van der Waals surface area contributed by atoms with Crippen LogP contribution in [0.25, 0.3) is 0 Å². The molecule has 0 aliphatic heterocycles. The van der Waals surface area contributed by atoms with E-state index in [4.69, 9.17) is 0 Å². The van der Waals surface area contributed by atoms with Crippen molar-refractivity contribution >= 4 is 38.9 Å². The number of hydrogen-bond donors (Lipinski definition) is 2. The van der Waals surface area contributed by atoms with Gasteiger partial charge in [0.2, 0.25) is 5.91 Å². The maximum absolute atomic E-state index is 12.1. The molecule has 0 unspecified atom stereocenters. The SMILES string of the molecule is CCN(CC)c1ccc(NCC(=O)Nc2cccc(Br)c2)c(C)c1. The molecule has 24 heavy (non-hydrogen) atoms. The van der Waals surface area contributed by atoms with Crippen LogP contribution in [-0.2, 0) is 4.79 Å². The number of aryl methyl sites for hydroxylation is 1. The zero-order valence-electron chi connectivity index (χ0n) is 14.4. The molecule has 0 fully saturated rings. The smallest absolute Gasteiger partial charge is 0.243 e. The van der Waals surface area contributed by atoms with E-state index in [1.165, 1.54) is 5.69 Å². The predicted molar refractivity (Wildman–Crippen MR) is 106 cm³/mol. The third kappa shape index (κ3) is 4.99. The monoisotopic (exact) mass is 389 g/mol. The number of anilines is 3. The standard InChI is InChI=1S/C19H24BrN3O/c1-4-23(5-2)17-9-10-18(14(3)11-17)21-13-19(24)22-16-8-6-7-15(20)12-16/h6-12,21H,4-5,13H2,1-3H3,(H,22,24). The van der Waals surface area contributed by atoms with Crippen molar-refractivity contribution in [3.63, 3.8) is 0 Å². The van der Waals surface area contributed by atoms with Gasteiger partial charge < -0.3 is 15.5 Å². The van der Waals surface area contributed by atoms with Gasteiger partial charge in [-0.3, -0.25) is 4.79 Å². The van der Waals surface area contributed by atoms with Gasteiger partial charge in [0, 0.05) is 34.6 Å². The minimum atomic E-state index is -0.0691. The molecule has 0 heterocycles. The molecule has 0 bridgehead atoms. The van der Waals surface area contributed by atoms with E-state index < -0.39 is 0 Å². The molecule has 2 aromatic rings. The van der Waals surface area contributed by atoms with Gasteiger partial charge in [-0.15, -0.1) is 0 Å². The average molecular weight is 390 g/mol. The summed E-state index contributed by atoms with van der Waals surface area (Å²) < 4.78 is 0.941. The number of amides is 1. The summed E-state index contributed by atoms with van der Waals surface area (Å²) in [4.78, 5) is 14.4. The van der Waals surface area contributed by atoms with E-state index in [1.807, 2.05) is 30.3 Å². The minimum absolute atomic E-state index is 0.0691. The molecule has 0 aliphatic rings. The van der Waals surface area contributed by atoms with Crippen molar-refractivity contribution in [2.45, 2.75) is 20.8 Å². The maximum Gasteiger partial charge on any atom is 0.243 e. The molecular weight excluding hydrogens is 366 g/mol. The van der Waals surface area contributed by atoms with Gasteiger partial charge in [0.1, 0.15) is 0 Å². The number of benzene rings is 2.